The Labute approximate surface area is 115 Å². The topological polar surface area (TPSA) is 54.0 Å². The molecular formula is C14H15N3OS. The molecule has 98 valence electrons. The summed E-state index contributed by atoms with van der Waals surface area (Å²) in [7, 11) is 0. The van der Waals surface area contributed by atoms with Gasteiger partial charge in [-0.2, -0.15) is 0 Å². The van der Waals surface area contributed by atoms with Crippen molar-refractivity contribution in [1.82, 2.24) is 15.6 Å². The highest BCUT2D eigenvalue weighted by molar-refractivity contribution is 7.09. The summed E-state index contributed by atoms with van der Waals surface area (Å²) >= 11 is 1.55. The van der Waals surface area contributed by atoms with Gasteiger partial charge in [0, 0.05) is 18.1 Å². The molecule has 1 aliphatic rings. The third-order valence-corrected chi connectivity index (χ3v) is 4.07. The number of thiazole rings is 1. The van der Waals surface area contributed by atoms with Gasteiger partial charge in [-0.05, 0) is 17.5 Å². The first-order chi connectivity index (χ1) is 9.33. The molecule has 0 unspecified atom stereocenters. The van der Waals surface area contributed by atoms with E-state index in [0.29, 0.717) is 6.54 Å². The highest BCUT2D eigenvalue weighted by atomic mass is 32.1. The second-order valence-corrected chi connectivity index (χ2v) is 5.53. The summed E-state index contributed by atoms with van der Waals surface area (Å²) < 4.78 is 0. The first-order valence-electron chi connectivity index (χ1n) is 6.29. The maximum atomic E-state index is 12.1. The van der Waals surface area contributed by atoms with E-state index in [0.717, 1.165) is 18.0 Å². The Kier molecular flexibility index (Phi) is 3.57. The molecule has 2 N–H and O–H groups in total. The van der Waals surface area contributed by atoms with Crippen LogP contribution in [0.1, 0.15) is 16.1 Å². The zero-order valence-electron chi connectivity index (χ0n) is 10.4. The molecule has 2 heterocycles. The number of hydrogen-bond acceptors (Lipinski definition) is 4. The Bertz CT molecular complexity index is 568. The number of nitrogens with one attached hydrogen (secondary N) is 2. The number of fused-ring (bicyclic) bond motifs is 1. The van der Waals surface area contributed by atoms with Crippen molar-refractivity contribution in [3.63, 3.8) is 0 Å². The predicted molar refractivity (Wildman–Crippen MR) is 74.7 cm³/mol. The summed E-state index contributed by atoms with van der Waals surface area (Å²) in [6, 6.07) is 8.11. The molecule has 0 spiro atoms. The van der Waals surface area contributed by atoms with Crippen molar-refractivity contribution in [2.45, 2.75) is 25.6 Å². The maximum Gasteiger partial charge on any atom is 0.237 e. The van der Waals surface area contributed by atoms with Gasteiger partial charge in [-0.15, -0.1) is 11.3 Å². The lowest BCUT2D eigenvalue weighted by Gasteiger charge is -2.25. The van der Waals surface area contributed by atoms with E-state index in [4.69, 9.17) is 0 Å². The molecule has 5 heteroatoms. The molecule has 0 fully saturated rings. The van der Waals surface area contributed by atoms with Crippen LogP contribution in [-0.2, 0) is 24.3 Å². The lowest BCUT2D eigenvalue weighted by molar-refractivity contribution is -0.123. The molecule has 1 aromatic heterocycles. The van der Waals surface area contributed by atoms with Gasteiger partial charge in [-0.3, -0.25) is 4.79 Å². The van der Waals surface area contributed by atoms with Gasteiger partial charge < -0.3 is 10.6 Å². The van der Waals surface area contributed by atoms with Crippen molar-refractivity contribution in [1.29, 1.82) is 0 Å². The summed E-state index contributed by atoms with van der Waals surface area (Å²) in [4.78, 5) is 16.3. The lowest BCUT2D eigenvalue weighted by atomic mass is 9.95. The monoisotopic (exact) mass is 273 g/mol. The number of nitrogens with zero attached hydrogens (tertiary/aromatic N) is 1. The van der Waals surface area contributed by atoms with Crippen molar-refractivity contribution >= 4 is 17.2 Å². The van der Waals surface area contributed by atoms with E-state index in [2.05, 4.69) is 27.8 Å². The second kappa shape index (κ2) is 5.50. The number of rotatable bonds is 3. The van der Waals surface area contributed by atoms with E-state index < -0.39 is 0 Å². The maximum absolute atomic E-state index is 12.1. The average Bonchev–Trinajstić information content (AvgIpc) is 2.97. The number of carbonyl (C=O) groups excluding carboxylic acids is 1. The number of carbonyl (C=O) groups is 1. The van der Waals surface area contributed by atoms with E-state index in [-0.39, 0.29) is 11.9 Å². The SMILES string of the molecule is O=C(NCc1nccs1)[C@@H]1Cc2ccccc2CN1. The van der Waals surface area contributed by atoms with Crippen LogP contribution in [0.4, 0.5) is 0 Å². The highest BCUT2D eigenvalue weighted by Crippen LogP contribution is 2.16. The van der Waals surface area contributed by atoms with Crippen LogP contribution in [0.3, 0.4) is 0 Å². The molecule has 1 aliphatic heterocycles. The van der Waals surface area contributed by atoms with Gasteiger partial charge in [0.05, 0.1) is 12.6 Å². The zero-order valence-corrected chi connectivity index (χ0v) is 11.2. The summed E-state index contributed by atoms with van der Waals surface area (Å²) in [6.07, 6.45) is 2.50. The lowest BCUT2D eigenvalue weighted by Crippen LogP contribution is -2.47. The van der Waals surface area contributed by atoms with Crippen molar-refractivity contribution in [2.24, 2.45) is 0 Å². The number of aromatic nitrogens is 1. The van der Waals surface area contributed by atoms with E-state index in [1.165, 1.54) is 11.1 Å². The Balaban J connectivity index is 1.60. The van der Waals surface area contributed by atoms with Crippen molar-refractivity contribution < 1.29 is 4.79 Å². The van der Waals surface area contributed by atoms with Crippen LogP contribution in [0.15, 0.2) is 35.8 Å². The minimum atomic E-state index is -0.144. The minimum Gasteiger partial charge on any atom is -0.348 e. The third kappa shape index (κ3) is 2.83. The van der Waals surface area contributed by atoms with Crippen LogP contribution >= 0.6 is 11.3 Å². The molecule has 1 amide bonds. The van der Waals surface area contributed by atoms with E-state index in [1.807, 2.05) is 17.5 Å². The molecule has 2 aromatic rings. The summed E-state index contributed by atoms with van der Waals surface area (Å²) in [5, 5.41) is 9.06. The van der Waals surface area contributed by atoms with Gasteiger partial charge in [-0.25, -0.2) is 4.98 Å². The first kappa shape index (κ1) is 12.3. The van der Waals surface area contributed by atoms with Gasteiger partial charge in [-0.1, -0.05) is 24.3 Å². The van der Waals surface area contributed by atoms with Crippen LogP contribution in [0.5, 0.6) is 0 Å². The number of benzene rings is 1. The third-order valence-electron chi connectivity index (χ3n) is 3.30. The molecule has 0 bridgehead atoms. The number of hydrogen-bond donors (Lipinski definition) is 2. The Hall–Kier alpha value is -1.72. The molecule has 0 aliphatic carbocycles. The average molecular weight is 273 g/mol. The smallest absolute Gasteiger partial charge is 0.237 e. The molecule has 3 rings (SSSR count). The van der Waals surface area contributed by atoms with Crippen molar-refractivity contribution in [3.8, 4) is 0 Å². The van der Waals surface area contributed by atoms with Gasteiger partial charge >= 0.3 is 0 Å². The van der Waals surface area contributed by atoms with Crippen LogP contribution in [0.25, 0.3) is 0 Å². The molecule has 4 nitrogen and oxygen atoms in total. The van der Waals surface area contributed by atoms with E-state index >= 15 is 0 Å². The van der Waals surface area contributed by atoms with E-state index in [1.54, 1.807) is 17.5 Å². The summed E-state index contributed by atoms with van der Waals surface area (Å²) in [5.74, 6) is 0.0460. The van der Waals surface area contributed by atoms with Gasteiger partial charge in [0.15, 0.2) is 0 Å². The second-order valence-electron chi connectivity index (χ2n) is 4.55. The molecular weight excluding hydrogens is 258 g/mol. The molecule has 0 radical (unpaired) electrons. The fourth-order valence-electron chi connectivity index (χ4n) is 2.27. The largest absolute Gasteiger partial charge is 0.348 e. The predicted octanol–water partition coefficient (Wildman–Crippen LogP) is 1.47. The molecule has 1 atom stereocenters. The Morgan fingerprint density at radius 1 is 1.42 bits per heavy atom. The Morgan fingerprint density at radius 2 is 2.26 bits per heavy atom. The van der Waals surface area contributed by atoms with Crippen LogP contribution in [0, 0.1) is 0 Å². The van der Waals surface area contributed by atoms with Crippen LogP contribution in [0.2, 0.25) is 0 Å². The molecule has 1 aromatic carbocycles. The minimum absolute atomic E-state index is 0.0460. The summed E-state index contributed by atoms with van der Waals surface area (Å²) in [5.41, 5.74) is 2.54. The molecule has 19 heavy (non-hydrogen) atoms. The molecule has 0 saturated carbocycles. The van der Waals surface area contributed by atoms with Crippen LogP contribution in [-0.4, -0.2) is 16.9 Å². The standard InChI is InChI=1S/C14H15N3OS/c18-14(17-9-13-15-5-6-19-13)12-7-10-3-1-2-4-11(10)8-16-12/h1-6,12,16H,7-9H2,(H,17,18)/t12-/m0/s1. The molecule has 0 saturated heterocycles. The highest BCUT2D eigenvalue weighted by Gasteiger charge is 2.23. The van der Waals surface area contributed by atoms with Gasteiger partial charge in [0.1, 0.15) is 5.01 Å². The Morgan fingerprint density at radius 3 is 3.05 bits per heavy atom. The fraction of sp³-hybridized carbons (Fsp3) is 0.286. The van der Waals surface area contributed by atoms with Gasteiger partial charge in [0.25, 0.3) is 0 Å². The fourth-order valence-corrected chi connectivity index (χ4v) is 2.82. The normalized spacial score (nSPS) is 17.8. The van der Waals surface area contributed by atoms with Crippen molar-refractivity contribution in [2.75, 3.05) is 0 Å². The van der Waals surface area contributed by atoms with Crippen molar-refractivity contribution in [3.05, 3.63) is 52.0 Å². The van der Waals surface area contributed by atoms with E-state index in [9.17, 15) is 4.79 Å². The first-order valence-corrected chi connectivity index (χ1v) is 7.17. The van der Waals surface area contributed by atoms with Crippen LogP contribution < -0.4 is 10.6 Å². The quantitative estimate of drug-likeness (QED) is 0.890. The van der Waals surface area contributed by atoms with Gasteiger partial charge in [0.2, 0.25) is 5.91 Å². The number of amides is 1. The zero-order chi connectivity index (χ0) is 13.1. The summed E-state index contributed by atoms with van der Waals surface area (Å²) in [6.45, 7) is 1.27.